The zero-order chi connectivity index (χ0) is 19.1. The second kappa shape index (κ2) is 9.60. The molecule has 2 fully saturated rings. The highest BCUT2D eigenvalue weighted by molar-refractivity contribution is 5.91. The fourth-order valence-electron chi connectivity index (χ4n) is 3.51. The van der Waals surface area contributed by atoms with Gasteiger partial charge in [0.2, 0.25) is 0 Å². The number of hydrogen-bond donors (Lipinski definition) is 2. The third-order valence-corrected chi connectivity index (χ3v) is 5.23. The van der Waals surface area contributed by atoms with Gasteiger partial charge in [0.15, 0.2) is 0 Å². The summed E-state index contributed by atoms with van der Waals surface area (Å²) in [5.74, 6) is 0. The lowest BCUT2D eigenvalue weighted by atomic mass is 10.2. The van der Waals surface area contributed by atoms with Gasteiger partial charge in [-0.2, -0.15) is 0 Å². The second-order valence-electron chi connectivity index (χ2n) is 7.28. The number of hydrogen-bond acceptors (Lipinski definition) is 3. The van der Waals surface area contributed by atoms with Gasteiger partial charge in [-0.25, -0.2) is 9.59 Å². The monoisotopic (exact) mass is 374 g/mol. The molecule has 0 aromatic heterocycles. The molecule has 2 saturated heterocycles. The van der Waals surface area contributed by atoms with Gasteiger partial charge < -0.3 is 25.2 Å². The van der Waals surface area contributed by atoms with Gasteiger partial charge >= 0.3 is 12.1 Å². The molecule has 2 aliphatic rings. The van der Waals surface area contributed by atoms with Crippen molar-refractivity contribution in [1.82, 2.24) is 9.80 Å². The number of nitrogens with one attached hydrogen (secondary N) is 2. The van der Waals surface area contributed by atoms with Gasteiger partial charge in [0, 0.05) is 43.7 Å². The molecule has 7 heteroatoms. The number of likely N-dealkylation sites (tertiary alicyclic amines) is 1. The van der Waals surface area contributed by atoms with E-state index < -0.39 is 0 Å². The predicted octanol–water partition coefficient (Wildman–Crippen LogP) is 3.74. The van der Waals surface area contributed by atoms with Crippen LogP contribution in [0.25, 0.3) is 0 Å². The molecule has 2 heterocycles. The van der Waals surface area contributed by atoms with E-state index in [4.69, 9.17) is 4.74 Å². The summed E-state index contributed by atoms with van der Waals surface area (Å²) in [5.41, 5.74) is 1.45. The Morgan fingerprint density at radius 1 is 0.889 bits per heavy atom. The van der Waals surface area contributed by atoms with E-state index in [0.29, 0.717) is 25.4 Å². The van der Waals surface area contributed by atoms with E-state index in [1.54, 1.807) is 0 Å². The third-order valence-electron chi connectivity index (χ3n) is 5.23. The van der Waals surface area contributed by atoms with Crippen LogP contribution in [0.2, 0.25) is 0 Å². The standard InChI is InChI=1S/C20H30N4O3/c1-16-10-14-27-15-13-24(16)20(26)22-18-8-6-17(7-9-18)21-19(25)23-11-4-2-3-5-12-23/h6-9,16H,2-5,10-15H2,1H3,(H,21,25)(H,22,26). The summed E-state index contributed by atoms with van der Waals surface area (Å²) in [6.07, 6.45) is 5.37. The number of nitrogens with zero attached hydrogens (tertiary/aromatic N) is 2. The Kier molecular flexibility index (Phi) is 6.92. The molecule has 7 nitrogen and oxygen atoms in total. The van der Waals surface area contributed by atoms with E-state index >= 15 is 0 Å². The molecule has 1 atom stereocenters. The van der Waals surface area contributed by atoms with Crippen LogP contribution >= 0.6 is 0 Å². The Morgan fingerprint density at radius 2 is 1.48 bits per heavy atom. The Morgan fingerprint density at radius 3 is 2.11 bits per heavy atom. The molecule has 148 valence electrons. The summed E-state index contributed by atoms with van der Waals surface area (Å²) >= 11 is 0. The van der Waals surface area contributed by atoms with Crippen LogP contribution < -0.4 is 10.6 Å². The van der Waals surface area contributed by atoms with E-state index in [1.807, 2.05) is 41.0 Å². The van der Waals surface area contributed by atoms with Crippen molar-refractivity contribution in [2.24, 2.45) is 0 Å². The molecular weight excluding hydrogens is 344 g/mol. The first-order valence-corrected chi connectivity index (χ1v) is 9.95. The van der Waals surface area contributed by atoms with Crippen LogP contribution in [0.5, 0.6) is 0 Å². The molecule has 2 aliphatic heterocycles. The van der Waals surface area contributed by atoms with Gasteiger partial charge in [-0.05, 0) is 50.5 Å². The number of carbonyl (C=O) groups excluding carboxylic acids is 2. The van der Waals surface area contributed by atoms with Gasteiger partial charge in [-0.15, -0.1) is 0 Å². The van der Waals surface area contributed by atoms with Crippen molar-refractivity contribution < 1.29 is 14.3 Å². The van der Waals surface area contributed by atoms with Crippen LogP contribution in [0.4, 0.5) is 21.0 Å². The van der Waals surface area contributed by atoms with Gasteiger partial charge in [-0.3, -0.25) is 0 Å². The molecule has 3 rings (SSSR count). The van der Waals surface area contributed by atoms with Crippen molar-refractivity contribution >= 4 is 23.4 Å². The average Bonchev–Trinajstić information content (AvgIpc) is 3.06. The van der Waals surface area contributed by atoms with Crippen molar-refractivity contribution in [3.63, 3.8) is 0 Å². The number of anilines is 2. The van der Waals surface area contributed by atoms with E-state index in [9.17, 15) is 9.59 Å². The Bertz CT molecular complexity index is 627. The molecule has 1 aromatic carbocycles. The maximum atomic E-state index is 12.5. The fraction of sp³-hybridized carbons (Fsp3) is 0.600. The number of carbonyl (C=O) groups is 2. The van der Waals surface area contributed by atoms with Crippen LogP contribution in [0.3, 0.4) is 0 Å². The number of urea groups is 2. The first-order chi connectivity index (χ1) is 13.1. The van der Waals surface area contributed by atoms with E-state index in [-0.39, 0.29) is 18.1 Å². The van der Waals surface area contributed by atoms with E-state index in [2.05, 4.69) is 10.6 Å². The minimum Gasteiger partial charge on any atom is -0.380 e. The van der Waals surface area contributed by atoms with Crippen molar-refractivity contribution in [2.45, 2.75) is 45.1 Å². The van der Waals surface area contributed by atoms with E-state index in [1.165, 1.54) is 12.8 Å². The average molecular weight is 374 g/mol. The van der Waals surface area contributed by atoms with Gasteiger partial charge in [-0.1, -0.05) is 12.8 Å². The number of benzene rings is 1. The fourth-order valence-corrected chi connectivity index (χ4v) is 3.51. The summed E-state index contributed by atoms with van der Waals surface area (Å²) in [6, 6.07) is 7.26. The molecular formula is C20H30N4O3. The molecule has 0 bridgehead atoms. The Labute approximate surface area is 161 Å². The van der Waals surface area contributed by atoms with Gasteiger partial charge in [0.25, 0.3) is 0 Å². The lowest BCUT2D eigenvalue weighted by molar-refractivity contribution is 0.143. The smallest absolute Gasteiger partial charge is 0.322 e. The minimum absolute atomic E-state index is 0.0490. The summed E-state index contributed by atoms with van der Waals surface area (Å²) in [4.78, 5) is 28.6. The second-order valence-corrected chi connectivity index (χ2v) is 7.28. The normalized spacial score (nSPS) is 21.1. The Balaban J connectivity index is 1.53. The summed E-state index contributed by atoms with van der Waals surface area (Å²) in [6.45, 7) is 5.53. The Hall–Kier alpha value is -2.28. The van der Waals surface area contributed by atoms with Crippen LogP contribution in [0, 0.1) is 0 Å². The topological polar surface area (TPSA) is 73.9 Å². The summed E-state index contributed by atoms with van der Waals surface area (Å²) in [5, 5.41) is 5.88. The molecule has 1 aromatic rings. The van der Waals surface area contributed by atoms with Crippen LogP contribution in [0.1, 0.15) is 39.0 Å². The third kappa shape index (κ3) is 5.60. The molecule has 1 unspecified atom stereocenters. The molecule has 4 amide bonds. The highest BCUT2D eigenvalue weighted by Gasteiger charge is 2.22. The van der Waals surface area contributed by atoms with E-state index in [0.717, 1.165) is 38.0 Å². The molecule has 27 heavy (non-hydrogen) atoms. The minimum atomic E-state index is -0.116. The summed E-state index contributed by atoms with van der Waals surface area (Å²) < 4.78 is 5.44. The SMILES string of the molecule is CC1CCOCCN1C(=O)Nc1ccc(NC(=O)N2CCCCCC2)cc1. The van der Waals surface area contributed by atoms with Crippen LogP contribution in [0.15, 0.2) is 24.3 Å². The van der Waals surface area contributed by atoms with Crippen molar-refractivity contribution in [1.29, 1.82) is 0 Å². The molecule has 0 aliphatic carbocycles. The molecule has 0 spiro atoms. The van der Waals surface area contributed by atoms with Gasteiger partial charge in [0.05, 0.1) is 6.61 Å². The number of ether oxygens (including phenoxy) is 1. The summed E-state index contributed by atoms with van der Waals surface area (Å²) in [7, 11) is 0. The highest BCUT2D eigenvalue weighted by atomic mass is 16.5. The van der Waals surface area contributed by atoms with Crippen molar-refractivity contribution in [2.75, 3.05) is 43.5 Å². The highest BCUT2D eigenvalue weighted by Crippen LogP contribution is 2.17. The quantitative estimate of drug-likeness (QED) is 0.828. The van der Waals surface area contributed by atoms with Crippen LogP contribution in [-0.2, 0) is 4.74 Å². The lowest BCUT2D eigenvalue weighted by Crippen LogP contribution is -2.42. The largest absolute Gasteiger partial charge is 0.380 e. The van der Waals surface area contributed by atoms with Crippen molar-refractivity contribution in [3.05, 3.63) is 24.3 Å². The zero-order valence-electron chi connectivity index (χ0n) is 16.1. The molecule has 0 radical (unpaired) electrons. The maximum absolute atomic E-state index is 12.5. The molecule has 0 saturated carbocycles. The maximum Gasteiger partial charge on any atom is 0.322 e. The zero-order valence-corrected chi connectivity index (χ0v) is 16.1. The van der Waals surface area contributed by atoms with Gasteiger partial charge in [0.1, 0.15) is 0 Å². The first-order valence-electron chi connectivity index (χ1n) is 9.95. The number of rotatable bonds is 2. The number of amides is 4. The lowest BCUT2D eigenvalue weighted by Gasteiger charge is -2.26. The van der Waals surface area contributed by atoms with Crippen LogP contribution in [-0.4, -0.2) is 60.8 Å². The first kappa shape index (κ1) is 19.5. The molecule has 2 N–H and O–H groups in total. The van der Waals surface area contributed by atoms with Crippen molar-refractivity contribution in [3.8, 4) is 0 Å². The predicted molar refractivity (Wildman–Crippen MR) is 106 cm³/mol.